The average molecular weight is 651 g/mol. The molecule has 0 spiro atoms. The molecule has 51 heavy (non-hydrogen) atoms. The zero-order valence-electron chi connectivity index (χ0n) is 27.6. The van der Waals surface area contributed by atoms with Crippen molar-refractivity contribution < 1.29 is 0 Å². The monoisotopic (exact) mass is 650 g/mol. The first-order valence-electron chi connectivity index (χ1n) is 17.4. The normalized spacial score (nSPS) is 11.9. The smallest absolute Gasteiger partial charge is 0.0788 e. The van der Waals surface area contributed by atoms with Gasteiger partial charge in [0.25, 0.3) is 0 Å². The number of hydrogen-bond donors (Lipinski definition) is 0. The van der Waals surface area contributed by atoms with Crippen LogP contribution in [0.25, 0.3) is 93.6 Å². The molecule has 0 aliphatic heterocycles. The summed E-state index contributed by atoms with van der Waals surface area (Å²) in [4.78, 5) is 4.41. The van der Waals surface area contributed by atoms with Gasteiger partial charge in [-0.3, -0.25) is 4.98 Å². The summed E-state index contributed by atoms with van der Waals surface area (Å²) in [7, 11) is 0. The van der Waals surface area contributed by atoms with Crippen LogP contribution in [0.1, 0.15) is 0 Å². The Hall–Kier alpha value is -6.91. The van der Waals surface area contributed by atoms with Gasteiger partial charge in [-0.2, -0.15) is 0 Å². The molecule has 11 aromatic rings. The van der Waals surface area contributed by atoms with Crippen LogP contribution in [0.15, 0.2) is 182 Å². The maximum Gasteiger partial charge on any atom is 0.0788 e. The van der Waals surface area contributed by atoms with E-state index in [1.165, 1.54) is 71.0 Å². The number of benzene rings is 7. The molecule has 0 aliphatic rings. The van der Waals surface area contributed by atoms with Crippen molar-refractivity contribution >= 4 is 65.4 Å². The lowest BCUT2D eigenvalue weighted by Crippen LogP contribution is -1.98. The number of pyridine rings is 1. The highest BCUT2D eigenvalue weighted by Crippen LogP contribution is 2.42. The van der Waals surface area contributed by atoms with Crippen LogP contribution in [0, 0.1) is 0 Å². The molecular formula is C47H30N4. The summed E-state index contributed by atoms with van der Waals surface area (Å²) in [6, 6.07) is 61.5. The van der Waals surface area contributed by atoms with Gasteiger partial charge in [-0.05, 0) is 71.8 Å². The summed E-state index contributed by atoms with van der Waals surface area (Å²) in [6.45, 7) is 0. The fourth-order valence-electron chi connectivity index (χ4n) is 8.31. The Morgan fingerprint density at radius 3 is 1.25 bits per heavy atom. The molecule has 4 heterocycles. The summed E-state index contributed by atoms with van der Waals surface area (Å²) in [6.07, 6.45) is 3.84. The summed E-state index contributed by atoms with van der Waals surface area (Å²) >= 11 is 0. The Balaban J connectivity index is 1.08. The summed E-state index contributed by atoms with van der Waals surface area (Å²) < 4.78 is 7.22. The maximum absolute atomic E-state index is 4.41. The van der Waals surface area contributed by atoms with E-state index < -0.39 is 0 Å². The molecule has 0 radical (unpaired) electrons. The van der Waals surface area contributed by atoms with E-state index >= 15 is 0 Å². The topological polar surface area (TPSA) is 27.7 Å². The zero-order chi connectivity index (χ0) is 33.5. The largest absolute Gasteiger partial charge is 0.309 e. The highest BCUT2D eigenvalue weighted by atomic mass is 15.0. The van der Waals surface area contributed by atoms with Crippen LogP contribution in [-0.4, -0.2) is 18.7 Å². The quantitative estimate of drug-likeness (QED) is 0.186. The van der Waals surface area contributed by atoms with Crippen molar-refractivity contribution in [3.05, 3.63) is 182 Å². The lowest BCUT2D eigenvalue weighted by Gasteiger charge is -2.13. The van der Waals surface area contributed by atoms with E-state index in [9.17, 15) is 0 Å². The molecule has 4 nitrogen and oxygen atoms in total. The van der Waals surface area contributed by atoms with Crippen LogP contribution in [0.3, 0.4) is 0 Å². The molecule has 0 unspecified atom stereocenters. The number of hydrogen-bond acceptors (Lipinski definition) is 1. The van der Waals surface area contributed by atoms with E-state index in [-0.39, 0.29) is 0 Å². The summed E-state index contributed by atoms with van der Waals surface area (Å²) in [5.74, 6) is 0. The molecule has 0 saturated carbocycles. The highest BCUT2D eigenvalue weighted by Gasteiger charge is 2.21. The van der Waals surface area contributed by atoms with Gasteiger partial charge in [-0.15, -0.1) is 0 Å². The first-order chi connectivity index (χ1) is 25.3. The number of aromatic nitrogens is 4. The second-order valence-corrected chi connectivity index (χ2v) is 13.2. The molecule has 238 valence electrons. The fraction of sp³-hybridized carbons (Fsp3) is 0. The van der Waals surface area contributed by atoms with Crippen molar-refractivity contribution in [2.24, 2.45) is 0 Å². The molecular weight excluding hydrogens is 621 g/mol. The summed E-state index contributed by atoms with van der Waals surface area (Å²) in [5, 5.41) is 7.39. The molecule has 0 atom stereocenters. The zero-order valence-corrected chi connectivity index (χ0v) is 27.6. The molecule has 4 heteroatoms. The van der Waals surface area contributed by atoms with Gasteiger partial charge >= 0.3 is 0 Å². The molecule has 4 aromatic heterocycles. The van der Waals surface area contributed by atoms with Crippen LogP contribution in [0.2, 0.25) is 0 Å². The lowest BCUT2D eigenvalue weighted by atomic mass is 10.0. The third-order valence-corrected chi connectivity index (χ3v) is 10.5. The van der Waals surface area contributed by atoms with Crippen LogP contribution in [0.4, 0.5) is 0 Å². The van der Waals surface area contributed by atoms with Gasteiger partial charge in [0.15, 0.2) is 0 Å². The molecule has 0 amide bonds. The number of para-hydroxylation sites is 4. The van der Waals surface area contributed by atoms with E-state index in [2.05, 4.69) is 189 Å². The highest BCUT2D eigenvalue weighted by molar-refractivity contribution is 6.23. The predicted molar refractivity (Wildman–Crippen MR) is 213 cm³/mol. The SMILES string of the molecule is c1ccc(-n2c3ccccc3c3ccc4c5ccccc5n(-c5ccc(-c6ccc(-n7c8ccccc8c8cnccc87)cc6)cc5)c4c32)cc1. The molecule has 0 fully saturated rings. The molecule has 7 aromatic carbocycles. The molecule has 0 aliphatic carbocycles. The van der Waals surface area contributed by atoms with E-state index in [4.69, 9.17) is 0 Å². The van der Waals surface area contributed by atoms with Crippen molar-refractivity contribution in [2.75, 3.05) is 0 Å². The predicted octanol–water partition coefficient (Wildman–Crippen LogP) is 12.0. The van der Waals surface area contributed by atoms with Gasteiger partial charge in [0.1, 0.15) is 0 Å². The maximum atomic E-state index is 4.41. The first kappa shape index (κ1) is 28.0. The third-order valence-electron chi connectivity index (χ3n) is 10.5. The standard InChI is InChI=1S/C47H30N4/c1-2-10-33(11-3-1)50-43-16-8-4-12-36(43)39-26-27-40-37-13-5-9-17-44(37)51(47(40)46(39)50)35-24-20-32(21-25-35)31-18-22-34(23-19-31)49-42-15-7-6-14-38(42)41-30-48-29-28-45(41)49/h1-30H. The lowest BCUT2D eigenvalue weighted by molar-refractivity contribution is 1.15. The molecule has 0 N–H and O–H groups in total. The van der Waals surface area contributed by atoms with E-state index in [1.54, 1.807) is 0 Å². The Morgan fingerprint density at radius 1 is 0.294 bits per heavy atom. The Labute approximate surface area is 293 Å². The van der Waals surface area contributed by atoms with E-state index in [0.717, 1.165) is 22.6 Å². The minimum absolute atomic E-state index is 1.14. The van der Waals surface area contributed by atoms with Gasteiger partial charge in [0.2, 0.25) is 0 Å². The number of rotatable bonds is 4. The van der Waals surface area contributed by atoms with Crippen molar-refractivity contribution in [3.63, 3.8) is 0 Å². The Kier molecular flexibility index (Phi) is 5.92. The van der Waals surface area contributed by atoms with Gasteiger partial charge in [0, 0.05) is 61.8 Å². The van der Waals surface area contributed by atoms with E-state index in [0.29, 0.717) is 0 Å². The summed E-state index contributed by atoms with van der Waals surface area (Å²) in [5.41, 5.74) is 13.0. The average Bonchev–Trinajstić information content (AvgIpc) is 3.84. The fourth-order valence-corrected chi connectivity index (χ4v) is 8.31. The first-order valence-corrected chi connectivity index (χ1v) is 17.4. The van der Waals surface area contributed by atoms with Crippen LogP contribution in [-0.2, 0) is 0 Å². The third kappa shape index (κ3) is 4.05. The van der Waals surface area contributed by atoms with Crippen molar-refractivity contribution in [1.82, 2.24) is 18.7 Å². The van der Waals surface area contributed by atoms with Crippen LogP contribution >= 0.6 is 0 Å². The van der Waals surface area contributed by atoms with Crippen molar-refractivity contribution in [1.29, 1.82) is 0 Å². The van der Waals surface area contributed by atoms with Gasteiger partial charge in [-0.1, -0.05) is 109 Å². The molecule has 0 bridgehead atoms. The second-order valence-electron chi connectivity index (χ2n) is 13.2. The molecule has 11 rings (SSSR count). The van der Waals surface area contributed by atoms with Crippen LogP contribution < -0.4 is 0 Å². The second kappa shape index (κ2) is 10.8. The number of nitrogens with zero attached hydrogens (tertiary/aromatic N) is 4. The Morgan fingerprint density at radius 2 is 0.706 bits per heavy atom. The minimum atomic E-state index is 1.14. The van der Waals surface area contributed by atoms with E-state index in [1.807, 2.05) is 12.4 Å². The Bertz CT molecular complexity index is 3050. The molecule has 0 saturated heterocycles. The van der Waals surface area contributed by atoms with Gasteiger partial charge in [-0.25, -0.2) is 0 Å². The van der Waals surface area contributed by atoms with Gasteiger partial charge < -0.3 is 13.7 Å². The van der Waals surface area contributed by atoms with Gasteiger partial charge in [0.05, 0.1) is 33.1 Å². The number of fused-ring (bicyclic) bond motifs is 10. The van der Waals surface area contributed by atoms with Crippen molar-refractivity contribution in [3.8, 4) is 28.2 Å². The van der Waals surface area contributed by atoms with Crippen LogP contribution in [0.5, 0.6) is 0 Å². The van der Waals surface area contributed by atoms with Crippen molar-refractivity contribution in [2.45, 2.75) is 0 Å². The minimum Gasteiger partial charge on any atom is -0.309 e.